The molecule has 1 aliphatic rings. The summed E-state index contributed by atoms with van der Waals surface area (Å²) in [6.45, 7) is 2.38. The summed E-state index contributed by atoms with van der Waals surface area (Å²) in [5, 5.41) is 11.9. The zero-order chi connectivity index (χ0) is 14.5. The molecule has 1 fully saturated rings. The van der Waals surface area contributed by atoms with Crippen molar-refractivity contribution < 1.29 is 19.4 Å². The van der Waals surface area contributed by atoms with Crippen LogP contribution in [-0.4, -0.2) is 23.6 Å². The van der Waals surface area contributed by atoms with Gasteiger partial charge in [-0.1, -0.05) is 18.6 Å². The fourth-order valence-electron chi connectivity index (χ4n) is 2.65. The van der Waals surface area contributed by atoms with Gasteiger partial charge in [-0.15, -0.1) is 0 Å². The van der Waals surface area contributed by atoms with Gasteiger partial charge in [0.2, 0.25) is 5.91 Å². The Morgan fingerprint density at radius 3 is 2.70 bits per heavy atom. The first-order valence-electron chi connectivity index (χ1n) is 6.89. The molecule has 1 saturated carbocycles. The van der Waals surface area contributed by atoms with Crippen LogP contribution in [0.3, 0.4) is 0 Å². The number of amides is 1. The lowest BCUT2D eigenvalue weighted by atomic mass is 9.95. The second-order valence-electron chi connectivity index (χ2n) is 4.90. The van der Waals surface area contributed by atoms with Gasteiger partial charge >= 0.3 is 5.97 Å². The molecule has 1 amide bonds. The monoisotopic (exact) mass is 277 g/mol. The van der Waals surface area contributed by atoms with Gasteiger partial charge < -0.3 is 15.2 Å². The van der Waals surface area contributed by atoms with Gasteiger partial charge in [-0.05, 0) is 31.9 Å². The van der Waals surface area contributed by atoms with Gasteiger partial charge in [0.15, 0.2) is 0 Å². The maximum Gasteiger partial charge on any atom is 0.307 e. The van der Waals surface area contributed by atoms with E-state index < -0.39 is 17.8 Å². The predicted molar refractivity (Wildman–Crippen MR) is 74.7 cm³/mol. The van der Waals surface area contributed by atoms with Crippen molar-refractivity contribution in [1.29, 1.82) is 0 Å². The highest BCUT2D eigenvalue weighted by Crippen LogP contribution is 2.34. The Kier molecular flexibility index (Phi) is 4.61. The highest BCUT2D eigenvalue weighted by molar-refractivity contribution is 5.96. The van der Waals surface area contributed by atoms with Crippen LogP contribution in [-0.2, 0) is 9.59 Å². The maximum atomic E-state index is 12.3. The molecule has 2 atom stereocenters. The zero-order valence-corrected chi connectivity index (χ0v) is 11.5. The third kappa shape index (κ3) is 3.10. The third-order valence-corrected chi connectivity index (χ3v) is 3.61. The molecule has 5 heteroatoms. The minimum atomic E-state index is -0.888. The number of carboxylic acids is 1. The van der Waals surface area contributed by atoms with Crippen LogP contribution >= 0.6 is 0 Å². The van der Waals surface area contributed by atoms with Crippen molar-refractivity contribution in [3.05, 3.63) is 24.3 Å². The average Bonchev–Trinajstić information content (AvgIpc) is 2.91. The molecule has 0 radical (unpaired) electrons. The first-order valence-corrected chi connectivity index (χ1v) is 6.89. The molecular weight excluding hydrogens is 258 g/mol. The van der Waals surface area contributed by atoms with Crippen LogP contribution in [0.2, 0.25) is 0 Å². The molecule has 0 aromatic heterocycles. The molecule has 0 saturated heterocycles. The minimum Gasteiger partial charge on any atom is -0.492 e. The second-order valence-corrected chi connectivity index (χ2v) is 4.90. The summed E-state index contributed by atoms with van der Waals surface area (Å²) in [5.74, 6) is -1.55. The summed E-state index contributed by atoms with van der Waals surface area (Å²) in [5.41, 5.74) is 0.593. The van der Waals surface area contributed by atoms with E-state index >= 15 is 0 Å². The molecule has 0 heterocycles. The number of hydrogen-bond acceptors (Lipinski definition) is 3. The Morgan fingerprint density at radius 1 is 1.30 bits per heavy atom. The standard InChI is InChI=1S/C15H19NO4/c1-2-20-13-9-4-3-8-12(13)16-14(17)10-6-5-7-11(10)15(18)19/h3-4,8-11H,2,5-7H2,1H3,(H,16,17)(H,18,19)/t10-,11+/m1/s1. The summed E-state index contributed by atoms with van der Waals surface area (Å²) in [4.78, 5) is 23.4. The molecule has 1 aliphatic carbocycles. The fourth-order valence-corrected chi connectivity index (χ4v) is 2.65. The Morgan fingerprint density at radius 2 is 2.00 bits per heavy atom. The number of rotatable bonds is 5. The quantitative estimate of drug-likeness (QED) is 0.867. The lowest BCUT2D eigenvalue weighted by Crippen LogP contribution is -2.30. The van der Waals surface area contributed by atoms with Crippen molar-refractivity contribution in [3.8, 4) is 5.75 Å². The van der Waals surface area contributed by atoms with Crippen molar-refractivity contribution in [2.45, 2.75) is 26.2 Å². The predicted octanol–water partition coefficient (Wildman–Crippen LogP) is 2.52. The molecule has 0 spiro atoms. The average molecular weight is 277 g/mol. The first-order chi connectivity index (χ1) is 9.63. The number of carbonyl (C=O) groups excluding carboxylic acids is 1. The summed E-state index contributed by atoms with van der Waals surface area (Å²) >= 11 is 0. The first kappa shape index (κ1) is 14.4. The smallest absolute Gasteiger partial charge is 0.307 e. The van der Waals surface area contributed by atoms with Gasteiger partial charge in [-0.3, -0.25) is 9.59 Å². The van der Waals surface area contributed by atoms with Crippen LogP contribution in [0.4, 0.5) is 5.69 Å². The number of ether oxygens (including phenoxy) is 1. The van der Waals surface area contributed by atoms with Crippen LogP contribution < -0.4 is 10.1 Å². The van der Waals surface area contributed by atoms with E-state index in [9.17, 15) is 9.59 Å². The van der Waals surface area contributed by atoms with Gasteiger partial charge in [0, 0.05) is 0 Å². The van der Waals surface area contributed by atoms with Crippen LogP contribution in [0.1, 0.15) is 26.2 Å². The highest BCUT2D eigenvalue weighted by atomic mass is 16.5. The molecule has 5 nitrogen and oxygen atoms in total. The Balaban J connectivity index is 2.10. The van der Waals surface area contributed by atoms with Gasteiger partial charge in [0.25, 0.3) is 0 Å². The van der Waals surface area contributed by atoms with Gasteiger partial charge in [-0.2, -0.15) is 0 Å². The van der Waals surface area contributed by atoms with Crippen LogP contribution in [0.25, 0.3) is 0 Å². The number of anilines is 1. The highest BCUT2D eigenvalue weighted by Gasteiger charge is 2.37. The van der Waals surface area contributed by atoms with Crippen LogP contribution in [0.15, 0.2) is 24.3 Å². The van der Waals surface area contributed by atoms with Crippen molar-refractivity contribution >= 4 is 17.6 Å². The largest absolute Gasteiger partial charge is 0.492 e. The second kappa shape index (κ2) is 6.41. The van der Waals surface area contributed by atoms with Crippen molar-refractivity contribution in [2.24, 2.45) is 11.8 Å². The summed E-state index contributed by atoms with van der Waals surface area (Å²) in [6.07, 6.45) is 1.97. The molecule has 20 heavy (non-hydrogen) atoms. The number of carbonyl (C=O) groups is 2. The molecule has 0 aliphatic heterocycles. The molecule has 2 N–H and O–H groups in total. The summed E-state index contributed by atoms with van der Waals surface area (Å²) in [7, 11) is 0. The number of para-hydroxylation sites is 2. The zero-order valence-electron chi connectivity index (χ0n) is 11.5. The molecule has 0 bridgehead atoms. The van der Waals surface area contributed by atoms with Crippen molar-refractivity contribution in [2.75, 3.05) is 11.9 Å². The maximum absolute atomic E-state index is 12.3. The lowest BCUT2D eigenvalue weighted by Gasteiger charge is -2.17. The molecule has 108 valence electrons. The Bertz CT molecular complexity index is 500. The van der Waals surface area contributed by atoms with E-state index in [4.69, 9.17) is 9.84 Å². The molecule has 1 aromatic carbocycles. The van der Waals surface area contributed by atoms with Gasteiger partial charge in [0.1, 0.15) is 5.75 Å². The van der Waals surface area contributed by atoms with Gasteiger partial charge in [-0.25, -0.2) is 0 Å². The van der Waals surface area contributed by atoms with Crippen molar-refractivity contribution in [3.63, 3.8) is 0 Å². The number of aliphatic carboxylic acids is 1. The molecule has 1 aromatic rings. The van der Waals surface area contributed by atoms with E-state index in [1.54, 1.807) is 12.1 Å². The fraction of sp³-hybridized carbons (Fsp3) is 0.467. The number of hydrogen-bond donors (Lipinski definition) is 2. The third-order valence-electron chi connectivity index (χ3n) is 3.61. The number of nitrogens with one attached hydrogen (secondary N) is 1. The van der Waals surface area contributed by atoms with Crippen LogP contribution in [0.5, 0.6) is 5.75 Å². The minimum absolute atomic E-state index is 0.234. The summed E-state index contributed by atoms with van der Waals surface area (Å²) in [6, 6.07) is 7.17. The van der Waals surface area contributed by atoms with E-state index in [1.807, 2.05) is 19.1 Å². The van der Waals surface area contributed by atoms with E-state index in [2.05, 4.69) is 5.32 Å². The topological polar surface area (TPSA) is 75.6 Å². The normalized spacial score (nSPS) is 21.4. The van der Waals surface area contributed by atoms with E-state index in [0.717, 1.165) is 6.42 Å². The molecule has 2 rings (SSSR count). The molecule has 0 unspecified atom stereocenters. The lowest BCUT2D eigenvalue weighted by molar-refractivity contribution is -0.145. The van der Waals surface area contributed by atoms with E-state index in [0.29, 0.717) is 30.9 Å². The SMILES string of the molecule is CCOc1ccccc1NC(=O)[C@@H]1CCC[C@@H]1C(=O)O. The summed E-state index contributed by atoms with van der Waals surface area (Å²) < 4.78 is 5.44. The number of benzene rings is 1. The molecular formula is C15H19NO4. The van der Waals surface area contributed by atoms with Crippen LogP contribution in [0, 0.1) is 11.8 Å². The van der Waals surface area contributed by atoms with E-state index in [1.165, 1.54) is 0 Å². The number of carboxylic acid groups (broad SMARTS) is 1. The van der Waals surface area contributed by atoms with E-state index in [-0.39, 0.29) is 5.91 Å². The Labute approximate surface area is 117 Å². The van der Waals surface area contributed by atoms with Gasteiger partial charge in [0.05, 0.1) is 24.1 Å². The Hall–Kier alpha value is -2.04. The van der Waals surface area contributed by atoms with Crippen molar-refractivity contribution in [1.82, 2.24) is 0 Å².